The molecule has 0 saturated carbocycles. The quantitative estimate of drug-likeness (QED) is 0.133. The van der Waals surface area contributed by atoms with Gasteiger partial charge in [-0.05, 0) is 114 Å². The smallest absolute Gasteiger partial charge is 0.164 e. The highest BCUT2D eigenvalue weighted by Gasteiger charge is 2.41. The summed E-state index contributed by atoms with van der Waals surface area (Å²) in [5.41, 5.74) is 26.2. The minimum Gasteiger partial charge on any atom is -0.456 e. The molecule has 0 amide bonds. The Labute approximate surface area is 540 Å². The average Bonchev–Trinajstić information content (AvgIpc) is 0.896. The molecule has 3 aliphatic carbocycles. The van der Waals surface area contributed by atoms with E-state index in [1.54, 1.807) is 0 Å². The SMILES string of the molecule is c1ccc(-c2nc(-c3ccc(-c4ccc5c(c4)C4c6ccccc6C5c5cc(-c6ccc(-c7nc(-c8ccccc8)nc(-c8ccc(-c9cccc%10oc%11ccccc%11c9%10)cc8)n7)cc6)ccc54)cc3)nc(-c3ccc(-c4cccc5oc6ccccc6c45)cc3)n2)cc1. The molecule has 0 N–H and O–H groups in total. The highest BCUT2D eigenvalue weighted by molar-refractivity contribution is 6.13. The molecule has 20 rings (SSSR count). The van der Waals surface area contributed by atoms with Crippen LogP contribution in [-0.4, -0.2) is 29.9 Å². The molecule has 438 valence electrons. The molecule has 4 heterocycles. The Bertz CT molecular complexity index is 5480. The standard InChI is InChI=1S/C86H52N6O2/c1-3-15-55(16-4-1)81-87-83(91-85(89-81)59-41-33-53(34-42-59)63-23-13-27-75-79(63)69-21-9-11-25-73(69)93-75)57-37-29-51(30-38-57)61-45-47-67-71(49-61)77-65-19-7-8-20-66(65)78(67)72-50-62(46-48-68(72)77)52-31-39-58(40-32-52)84-88-82(56-17-5-2-6-18-56)90-86(92-84)60-43-35-54(36-44-60)64-24-14-28-76-80(64)70-22-10-12-26-74(70)94-76/h1-50,77-78H. The maximum atomic E-state index is 6.24. The van der Waals surface area contributed by atoms with Gasteiger partial charge >= 0.3 is 0 Å². The van der Waals surface area contributed by atoms with Crippen molar-refractivity contribution in [3.05, 3.63) is 337 Å². The van der Waals surface area contributed by atoms with Crippen LogP contribution < -0.4 is 0 Å². The second-order valence-electron chi connectivity index (χ2n) is 24.4. The van der Waals surface area contributed by atoms with E-state index in [0.717, 1.165) is 111 Å². The predicted octanol–water partition coefficient (Wildman–Crippen LogP) is 21.5. The Morgan fingerprint density at radius 1 is 0.191 bits per heavy atom. The highest BCUT2D eigenvalue weighted by Crippen LogP contribution is 2.57. The predicted molar refractivity (Wildman–Crippen MR) is 377 cm³/mol. The number of fused-ring (bicyclic) bond motifs is 6. The lowest BCUT2D eigenvalue weighted by Crippen LogP contribution is -2.27. The molecule has 8 nitrogen and oxygen atoms in total. The van der Waals surface area contributed by atoms with E-state index in [-0.39, 0.29) is 11.8 Å². The highest BCUT2D eigenvalue weighted by atomic mass is 16.3. The summed E-state index contributed by atoms with van der Waals surface area (Å²) in [5, 5.41) is 4.42. The number of nitrogens with zero attached hydrogens (tertiary/aromatic N) is 6. The van der Waals surface area contributed by atoms with E-state index in [1.165, 1.54) is 44.5 Å². The van der Waals surface area contributed by atoms with Crippen molar-refractivity contribution >= 4 is 43.9 Å². The summed E-state index contributed by atoms with van der Waals surface area (Å²) >= 11 is 0. The molecule has 3 aliphatic rings. The van der Waals surface area contributed by atoms with Crippen molar-refractivity contribution in [3.8, 4) is 113 Å². The zero-order chi connectivity index (χ0) is 61.8. The first kappa shape index (κ1) is 53.3. The molecular formula is C86H52N6O2. The summed E-state index contributed by atoms with van der Waals surface area (Å²) in [6.45, 7) is 0. The molecule has 0 fully saturated rings. The molecule has 8 heteroatoms. The summed E-state index contributed by atoms with van der Waals surface area (Å²) in [5.74, 6) is 3.87. The largest absolute Gasteiger partial charge is 0.456 e. The van der Waals surface area contributed by atoms with Crippen LogP contribution in [0.15, 0.2) is 312 Å². The van der Waals surface area contributed by atoms with Gasteiger partial charge in [-0.3, -0.25) is 0 Å². The fourth-order valence-electron chi connectivity index (χ4n) is 14.5. The van der Waals surface area contributed by atoms with Crippen molar-refractivity contribution in [2.24, 2.45) is 0 Å². The Hall–Kier alpha value is -12.5. The third-order valence-electron chi connectivity index (χ3n) is 19.0. The summed E-state index contributed by atoms with van der Waals surface area (Å²) < 4.78 is 12.5. The first-order valence-corrected chi connectivity index (χ1v) is 31.8. The third kappa shape index (κ3) is 8.90. The molecule has 13 aromatic carbocycles. The van der Waals surface area contributed by atoms with Gasteiger partial charge in [-0.15, -0.1) is 0 Å². The van der Waals surface area contributed by atoms with Crippen molar-refractivity contribution in [1.82, 2.24) is 29.9 Å². The normalized spacial score (nSPS) is 13.7. The number of para-hydroxylation sites is 2. The third-order valence-corrected chi connectivity index (χ3v) is 19.0. The Kier molecular flexibility index (Phi) is 12.2. The lowest BCUT2D eigenvalue weighted by Gasteiger charge is -2.42. The number of hydrogen-bond acceptors (Lipinski definition) is 8. The fourth-order valence-corrected chi connectivity index (χ4v) is 14.5. The summed E-state index contributed by atoms with van der Waals surface area (Å²) in [7, 11) is 0. The second-order valence-corrected chi connectivity index (χ2v) is 24.4. The van der Waals surface area contributed by atoms with Gasteiger partial charge in [-0.1, -0.05) is 267 Å². The lowest BCUT2D eigenvalue weighted by molar-refractivity contribution is 0.668. The van der Waals surface area contributed by atoms with Crippen molar-refractivity contribution in [1.29, 1.82) is 0 Å². The Balaban J connectivity index is 0.614. The van der Waals surface area contributed by atoms with Crippen LogP contribution in [0.2, 0.25) is 0 Å². The fraction of sp³-hybridized carbons (Fsp3) is 0.0233. The zero-order valence-corrected chi connectivity index (χ0v) is 50.5. The van der Waals surface area contributed by atoms with Crippen molar-refractivity contribution in [2.45, 2.75) is 11.8 Å². The Morgan fingerprint density at radius 3 is 0.840 bits per heavy atom. The van der Waals surface area contributed by atoms with Crippen molar-refractivity contribution in [3.63, 3.8) is 0 Å². The number of hydrogen-bond donors (Lipinski definition) is 0. The van der Waals surface area contributed by atoms with Crippen molar-refractivity contribution in [2.75, 3.05) is 0 Å². The monoisotopic (exact) mass is 1200 g/mol. The number of furan rings is 2. The van der Waals surface area contributed by atoms with Crippen molar-refractivity contribution < 1.29 is 8.83 Å². The topological polar surface area (TPSA) is 104 Å². The van der Waals surface area contributed by atoms with Gasteiger partial charge in [0.05, 0.1) is 0 Å². The van der Waals surface area contributed by atoms with Gasteiger partial charge in [0.15, 0.2) is 34.9 Å². The molecular weight excluding hydrogens is 1150 g/mol. The van der Waals surface area contributed by atoms with Gasteiger partial charge in [-0.25, -0.2) is 29.9 Å². The van der Waals surface area contributed by atoms with Crippen LogP contribution in [0.5, 0.6) is 0 Å². The molecule has 4 aromatic heterocycles. The van der Waals surface area contributed by atoms with E-state index in [2.05, 4.69) is 206 Å². The van der Waals surface area contributed by atoms with Gasteiger partial charge < -0.3 is 8.83 Å². The van der Waals surface area contributed by atoms with Crippen LogP contribution in [0.4, 0.5) is 0 Å². The van der Waals surface area contributed by atoms with E-state index in [1.807, 2.05) is 97.1 Å². The summed E-state index contributed by atoms with van der Waals surface area (Å²) in [4.78, 5) is 30.6. The molecule has 2 bridgehead atoms. The van der Waals surface area contributed by atoms with E-state index in [9.17, 15) is 0 Å². The molecule has 0 aliphatic heterocycles. The Morgan fingerprint density at radius 2 is 0.468 bits per heavy atom. The second kappa shape index (κ2) is 21.6. The van der Waals surface area contributed by atoms with E-state index in [0.29, 0.717) is 34.9 Å². The maximum Gasteiger partial charge on any atom is 0.164 e. The summed E-state index contributed by atoms with van der Waals surface area (Å²) in [6.07, 6.45) is 0. The van der Waals surface area contributed by atoms with Gasteiger partial charge in [-0.2, -0.15) is 0 Å². The molecule has 0 saturated heterocycles. The molecule has 0 radical (unpaired) electrons. The van der Waals surface area contributed by atoms with Crippen LogP contribution in [0.1, 0.15) is 45.2 Å². The molecule has 17 aromatic rings. The lowest BCUT2D eigenvalue weighted by atomic mass is 9.60. The van der Waals surface area contributed by atoms with E-state index in [4.69, 9.17) is 38.7 Å². The van der Waals surface area contributed by atoms with Crippen LogP contribution in [0, 0.1) is 0 Å². The minimum atomic E-state index is 0.0920. The van der Waals surface area contributed by atoms with Gasteiger partial charge in [0.25, 0.3) is 0 Å². The van der Waals surface area contributed by atoms with Crippen LogP contribution in [-0.2, 0) is 0 Å². The molecule has 0 spiro atoms. The van der Waals surface area contributed by atoms with E-state index >= 15 is 0 Å². The number of aromatic nitrogens is 6. The summed E-state index contributed by atoms with van der Waals surface area (Å²) in [6, 6.07) is 107. The van der Waals surface area contributed by atoms with Gasteiger partial charge in [0, 0.05) is 66.8 Å². The van der Waals surface area contributed by atoms with E-state index < -0.39 is 0 Å². The molecule has 2 unspecified atom stereocenters. The van der Waals surface area contributed by atoms with Gasteiger partial charge in [0.1, 0.15) is 22.3 Å². The van der Waals surface area contributed by atoms with Crippen LogP contribution in [0.25, 0.3) is 157 Å². The zero-order valence-electron chi connectivity index (χ0n) is 50.5. The number of rotatable bonds is 10. The first-order valence-electron chi connectivity index (χ1n) is 31.8. The van der Waals surface area contributed by atoms with Crippen LogP contribution in [0.3, 0.4) is 0 Å². The number of benzene rings is 13. The minimum absolute atomic E-state index is 0.0920. The molecule has 2 atom stereocenters. The molecule has 94 heavy (non-hydrogen) atoms. The van der Waals surface area contributed by atoms with Crippen LogP contribution >= 0.6 is 0 Å². The maximum absolute atomic E-state index is 6.24. The average molecular weight is 1200 g/mol. The van der Waals surface area contributed by atoms with Gasteiger partial charge in [0.2, 0.25) is 0 Å². The first-order chi connectivity index (χ1) is 46.5.